The molecule has 0 spiro atoms. The van der Waals surface area contributed by atoms with Crippen LogP contribution in [0.5, 0.6) is 0 Å². The van der Waals surface area contributed by atoms with Crippen molar-refractivity contribution in [2.75, 3.05) is 17.7 Å². The van der Waals surface area contributed by atoms with Crippen molar-refractivity contribution in [3.8, 4) is 5.82 Å². The summed E-state index contributed by atoms with van der Waals surface area (Å²) in [4.78, 5) is 34.5. The van der Waals surface area contributed by atoms with Crippen molar-refractivity contribution in [3.05, 3.63) is 70.5 Å². The summed E-state index contributed by atoms with van der Waals surface area (Å²) >= 11 is 0. The zero-order valence-corrected chi connectivity index (χ0v) is 19.6. The number of aliphatic hydroxyl groups is 1. The molecule has 4 aromatic heterocycles. The second kappa shape index (κ2) is 8.51. The number of pyridine rings is 2. The van der Waals surface area contributed by atoms with Gasteiger partial charge in [-0.3, -0.25) is 14.2 Å². The first kappa shape index (κ1) is 22.5. The van der Waals surface area contributed by atoms with Crippen LogP contribution in [0, 0.1) is 0 Å². The van der Waals surface area contributed by atoms with Crippen LogP contribution in [0.15, 0.2) is 53.7 Å². The molecule has 180 valence electrons. The largest absolute Gasteiger partial charge is 0.386 e. The molecule has 0 aliphatic heterocycles. The Kier molecular flexibility index (Phi) is 5.48. The standard InChI is InChI=1S/C24H26N8O3/c1-24(2,35)14-6-9-20(26-12-14)31-10-4-5-16(23(31)34)29-19-11-17(25-3)21-27-13-18(32(21)30-19)22(33)28-15-7-8-15/h4-6,9-13,15,25,35H,7-8H2,1-3H3,(H,28,33)(H,29,30). The van der Waals surface area contributed by atoms with Crippen LogP contribution in [0.1, 0.15) is 42.7 Å². The van der Waals surface area contributed by atoms with Crippen LogP contribution in [-0.4, -0.2) is 48.3 Å². The fourth-order valence-corrected chi connectivity index (χ4v) is 3.65. The van der Waals surface area contributed by atoms with Gasteiger partial charge in [0.15, 0.2) is 17.2 Å². The minimum Gasteiger partial charge on any atom is -0.386 e. The predicted octanol–water partition coefficient (Wildman–Crippen LogP) is 2.18. The third-order valence-corrected chi connectivity index (χ3v) is 5.79. The minimum atomic E-state index is -1.03. The molecular weight excluding hydrogens is 448 g/mol. The SMILES string of the molecule is CNc1cc(Nc2cccn(-c3ccc(C(C)(C)O)cn3)c2=O)nn2c(C(=O)NC3CC3)cnc12. The molecular formula is C24H26N8O3. The van der Waals surface area contributed by atoms with E-state index in [-0.39, 0.29) is 23.2 Å². The summed E-state index contributed by atoms with van der Waals surface area (Å²) in [6.45, 7) is 3.34. The molecule has 1 saturated carbocycles. The molecule has 5 rings (SSSR count). The lowest BCUT2D eigenvalue weighted by Gasteiger charge is -2.17. The van der Waals surface area contributed by atoms with Gasteiger partial charge < -0.3 is 21.1 Å². The van der Waals surface area contributed by atoms with Crippen LogP contribution < -0.4 is 21.5 Å². The van der Waals surface area contributed by atoms with Gasteiger partial charge in [0.1, 0.15) is 11.5 Å². The number of aromatic nitrogens is 5. The molecule has 1 aliphatic rings. The number of nitrogens with one attached hydrogen (secondary N) is 3. The summed E-state index contributed by atoms with van der Waals surface area (Å²) in [5.74, 6) is 0.537. The first-order chi connectivity index (χ1) is 16.7. The molecule has 35 heavy (non-hydrogen) atoms. The minimum absolute atomic E-state index is 0.201. The summed E-state index contributed by atoms with van der Waals surface area (Å²) in [6.07, 6.45) is 6.60. The molecule has 1 aliphatic carbocycles. The van der Waals surface area contributed by atoms with E-state index in [2.05, 4.69) is 31.0 Å². The van der Waals surface area contributed by atoms with Crippen molar-refractivity contribution in [3.63, 3.8) is 0 Å². The monoisotopic (exact) mass is 474 g/mol. The maximum atomic E-state index is 13.2. The van der Waals surface area contributed by atoms with Crippen LogP contribution in [0.4, 0.5) is 17.2 Å². The zero-order valence-electron chi connectivity index (χ0n) is 19.6. The molecule has 4 heterocycles. The van der Waals surface area contributed by atoms with Gasteiger partial charge >= 0.3 is 0 Å². The average Bonchev–Trinajstić information content (AvgIpc) is 3.54. The number of hydrogen-bond acceptors (Lipinski definition) is 8. The molecule has 1 amide bonds. The van der Waals surface area contributed by atoms with Gasteiger partial charge in [0.25, 0.3) is 11.5 Å². The second-order valence-electron chi connectivity index (χ2n) is 9.01. The lowest BCUT2D eigenvalue weighted by Crippen LogP contribution is -2.27. The third kappa shape index (κ3) is 4.45. The van der Waals surface area contributed by atoms with E-state index in [0.29, 0.717) is 34.2 Å². The molecule has 0 atom stereocenters. The van der Waals surface area contributed by atoms with Gasteiger partial charge in [0, 0.05) is 37.1 Å². The summed E-state index contributed by atoms with van der Waals surface area (Å²) in [5.41, 5.74) is 1.02. The van der Waals surface area contributed by atoms with E-state index < -0.39 is 5.60 Å². The molecule has 0 unspecified atom stereocenters. The molecule has 11 heteroatoms. The Morgan fingerprint density at radius 1 is 1.14 bits per heavy atom. The predicted molar refractivity (Wildman–Crippen MR) is 131 cm³/mol. The van der Waals surface area contributed by atoms with Gasteiger partial charge in [-0.05, 0) is 44.9 Å². The molecule has 4 N–H and O–H groups in total. The van der Waals surface area contributed by atoms with Crippen molar-refractivity contribution in [1.82, 2.24) is 29.5 Å². The Morgan fingerprint density at radius 3 is 2.60 bits per heavy atom. The Bertz CT molecular complexity index is 1460. The first-order valence-electron chi connectivity index (χ1n) is 11.3. The van der Waals surface area contributed by atoms with E-state index in [1.54, 1.807) is 63.6 Å². The van der Waals surface area contributed by atoms with Gasteiger partial charge in [0.2, 0.25) is 0 Å². The molecule has 0 saturated heterocycles. The lowest BCUT2D eigenvalue weighted by molar-refractivity contribution is 0.0782. The van der Waals surface area contributed by atoms with E-state index in [0.717, 1.165) is 12.8 Å². The Balaban J connectivity index is 1.49. The van der Waals surface area contributed by atoms with E-state index in [9.17, 15) is 14.7 Å². The van der Waals surface area contributed by atoms with Gasteiger partial charge in [-0.25, -0.2) is 14.5 Å². The Labute approximate surface area is 200 Å². The van der Waals surface area contributed by atoms with Crippen LogP contribution in [0.25, 0.3) is 11.5 Å². The third-order valence-electron chi connectivity index (χ3n) is 5.79. The highest BCUT2D eigenvalue weighted by Crippen LogP contribution is 2.24. The summed E-state index contributed by atoms with van der Waals surface area (Å²) in [7, 11) is 1.75. The van der Waals surface area contributed by atoms with Crippen LogP contribution >= 0.6 is 0 Å². The Morgan fingerprint density at radius 2 is 1.94 bits per heavy atom. The van der Waals surface area contributed by atoms with Crippen molar-refractivity contribution in [2.24, 2.45) is 0 Å². The summed E-state index contributed by atoms with van der Waals surface area (Å²) in [5, 5.41) is 23.7. The van der Waals surface area contributed by atoms with Crippen LogP contribution in [-0.2, 0) is 5.60 Å². The van der Waals surface area contributed by atoms with Crippen LogP contribution in [0.3, 0.4) is 0 Å². The van der Waals surface area contributed by atoms with E-state index in [1.807, 2.05) is 0 Å². The van der Waals surface area contributed by atoms with Crippen molar-refractivity contribution in [1.29, 1.82) is 0 Å². The number of hydrogen-bond donors (Lipinski definition) is 4. The number of fused-ring (bicyclic) bond motifs is 1. The highest BCUT2D eigenvalue weighted by molar-refractivity contribution is 5.94. The van der Waals surface area contributed by atoms with Gasteiger partial charge in [-0.2, -0.15) is 0 Å². The first-order valence-corrected chi connectivity index (χ1v) is 11.3. The number of carbonyl (C=O) groups excluding carboxylic acids is 1. The van der Waals surface area contributed by atoms with Gasteiger partial charge in [-0.1, -0.05) is 6.07 Å². The molecule has 0 aromatic carbocycles. The summed E-state index contributed by atoms with van der Waals surface area (Å²) in [6, 6.07) is 8.70. The van der Waals surface area contributed by atoms with E-state index >= 15 is 0 Å². The maximum absolute atomic E-state index is 13.2. The normalized spacial score (nSPS) is 13.6. The van der Waals surface area contributed by atoms with E-state index in [1.165, 1.54) is 15.3 Å². The fourth-order valence-electron chi connectivity index (χ4n) is 3.65. The quantitative estimate of drug-likeness (QED) is 0.320. The number of imidazole rings is 1. The van der Waals surface area contributed by atoms with Crippen molar-refractivity contribution >= 4 is 28.7 Å². The van der Waals surface area contributed by atoms with E-state index in [4.69, 9.17) is 0 Å². The Hall–Kier alpha value is -4.25. The second-order valence-corrected chi connectivity index (χ2v) is 9.01. The number of anilines is 3. The smallest absolute Gasteiger partial charge is 0.279 e. The highest BCUT2D eigenvalue weighted by atomic mass is 16.3. The average molecular weight is 475 g/mol. The number of amides is 1. The number of nitrogens with zero attached hydrogens (tertiary/aromatic N) is 5. The van der Waals surface area contributed by atoms with Gasteiger partial charge in [-0.15, -0.1) is 5.10 Å². The zero-order chi connectivity index (χ0) is 24.7. The molecule has 1 fully saturated rings. The van der Waals surface area contributed by atoms with Crippen molar-refractivity contribution < 1.29 is 9.90 Å². The fraction of sp³-hybridized carbons (Fsp3) is 0.292. The highest BCUT2D eigenvalue weighted by Gasteiger charge is 2.26. The lowest BCUT2D eigenvalue weighted by atomic mass is 10.0. The molecule has 11 nitrogen and oxygen atoms in total. The van der Waals surface area contributed by atoms with Gasteiger partial charge in [0.05, 0.1) is 17.5 Å². The molecule has 0 radical (unpaired) electrons. The number of rotatable bonds is 7. The van der Waals surface area contributed by atoms with Crippen LogP contribution in [0.2, 0.25) is 0 Å². The molecule has 4 aromatic rings. The van der Waals surface area contributed by atoms with Crippen molar-refractivity contribution in [2.45, 2.75) is 38.3 Å². The topological polar surface area (TPSA) is 138 Å². The number of carbonyl (C=O) groups is 1. The molecule has 0 bridgehead atoms. The summed E-state index contributed by atoms with van der Waals surface area (Å²) < 4.78 is 2.87. The maximum Gasteiger partial charge on any atom is 0.279 e.